The Morgan fingerprint density at radius 1 is 1.03 bits per heavy atom. The molecule has 0 radical (unpaired) electrons. The number of ether oxygens (including phenoxy) is 2. The molecule has 1 amide bonds. The number of benzene rings is 1. The molecule has 2 saturated heterocycles. The summed E-state index contributed by atoms with van der Waals surface area (Å²) in [6, 6.07) is 5.29. The van der Waals surface area contributed by atoms with Crippen LogP contribution in [0.3, 0.4) is 0 Å². The normalized spacial score (nSPS) is 19.0. The maximum atomic E-state index is 13.4. The van der Waals surface area contributed by atoms with E-state index in [-0.39, 0.29) is 34.5 Å². The molecule has 3 rings (SSSR count). The predicted molar refractivity (Wildman–Crippen MR) is 125 cm³/mol. The van der Waals surface area contributed by atoms with Crippen LogP contribution in [0, 0.1) is 11.8 Å². The van der Waals surface area contributed by atoms with Gasteiger partial charge in [0.1, 0.15) is 10.6 Å². The molecule has 1 aromatic rings. The molecule has 2 aliphatic rings. The first-order chi connectivity index (χ1) is 15.7. The van der Waals surface area contributed by atoms with Gasteiger partial charge in [0.2, 0.25) is 15.9 Å². The van der Waals surface area contributed by atoms with Crippen LogP contribution < -0.4 is 4.74 Å². The maximum absolute atomic E-state index is 13.4. The van der Waals surface area contributed by atoms with Crippen molar-refractivity contribution in [3.8, 4) is 5.75 Å². The Kier molecular flexibility index (Phi) is 8.39. The van der Waals surface area contributed by atoms with Crippen molar-refractivity contribution in [3.63, 3.8) is 0 Å². The van der Waals surface area contributed by atoms with Crippen LogP contribution in [0.4, 0.5) is 0 Å². The van der Waals surface area contributed by atoms with Crippen LogP contribution in [0.1, 0.15) is 57.9 Å². The summed E-state index contributed by atoms with van der Waals surface area (Å²) in [5.74, 6) is 0.0779. The van der Waals surface area contributed by atoms with E-state index >= 15 is 0 Å². The Morgan fingerprint density at radius 3 is 2.18 bits per heavy atom. The van der Waals surface area contributed by atoms with E-state index in [0.29, 0.717) is 64.2 Å². The van der Waals surface area contributed by atoms with Crippen molar-refractivity contribution in [3.05, 3.63) is 23.8 Å². The van der Waals surface area contributed by atoms with Gasteiger partial charge in [-0.25, -0.2) is 8.42 Å². The van der Waals surface area contributed by atoms with Crippen molar-refractivity contribution in [2.45, 2.75) is 57.3 Å². The number of carbonyl (C=O) groups excluding carboxylic acids is 2. The van der Waals surface area contributed by atoms with Gasteiger partial charge in [0, 0.05) is 32.1 Å². The molecule has 0 atom stereocenters. The number of likely N-dealkylation sites (tertiary alicyclic amines) is 1. The van der Waals surface area contributed by atoms with E-state index in [9.17, 15) is 18.0 Å². The molecule has 2 fully saturated rings. The molecule has 0 spiro atoms. The van der Waals surface area contributed by atoms with Gasteiger partial charge in [-0.2, -0.15) is 4.31 Å². The number of hydrogen-bond donors (Lipinski definition) is 0. The Labute approximate surface area is 197 Å². The molecule has 2 heterocycles. The second-order valence-electron chi connectivity index (χ2n) is 9.09. The lowest BCUT2D eigenvalue weighted by Gasteiger charge is -2.36. The molecule has 0 saturated carbocycles. The third kappa shape index (κ3) is 5.69. The van der Waals surface area contributed by atoms with Crippen molar-refractivity contribution in [2.75, 3.05) is 39.9 Å². The van der Waals surface area contributed by atoms with E-state index in [4.69, 9.17) is 9.47 Å². The first-order valence-corrected chi connectivity index (χ1v) is 13.3. The topological polar surface area (TPSA) is 93.2 Å². The molecule has 0 aliphatic carbocycles. The van der Waals surface area contributed by atoms with Crippen molar-refractivity contribution >= 4 is 21.9 Å². The summed E-state index contributed by atoms with van der Waals surface area (Å²) >= 11 is 0. The number of piperidine rings is 2. The molecule has 0 bridgehead atoms. The Hall–Kier alpha value is -2.13. The van der Waals surface area contributed by atoms with E-state index in [1.54, 1.807) is 19.1 Å². The van der Waals surface area contributed by atoms with Crippen LogP contribution in [-0.4, -0.2) is 69.4 Å². The lowest BCUT2D eigenvalue weighted by atomic mass is 9.92. The number of rotatable bonds is 7. The van der Waals surface area contributed by atoms with Crippen LogP contribution in [0.15, 0.2) is 23.1 Å². The van der Waals surface area contributed by atoms with Crippen molar-refractivity contribution < 1.29 is 27.5 Å². The molecule has 0 N–H and O–H groups in total. The number of esters is 1. The van der Waals surface area contributed by atoms with Gasteiger partial charge in [-0.05, 0) is 56.2 Å². The fourth-order valence-corrected chi connectivity index (χ4v) is 6.25. The van der Waals surface area contributed by atoms with Crippen LogP contribution >= 0.6 is 0 Å². The molecule has 0 aromatic heterocycles. The van der Waals surface area contributed by atoms with Gasteiger partial charge in [0.15, 0.2) is 0 Å². The summed E-state index contributed by atoms with van der Waals surface area (Å²) in [5, 5.41) is 0. The van der Waals surface area contributed by atoms with E-state index < -0.39 is 10.0 Å². The van der Waals surface area contributed by atoms with Gasteiger partial charge in [0.25, 0.3) is 0 Å². The second kappa shape index (κ2) is 10.9. The first-order valence-electron chi connectivity index (χ1n) is 11.8. The molecular formula is C24H36N2O6S. The molecule has 0 unspecified atom stereocenters. The highest BCUT2D eigenvalue weighted by atomic mass is 32.2. The monoisotopic (exact) mass is 480 g/mol. The number of carbonyl (C=O) groups is 2. The van der Waals surface area contributed by atoms with Crippen molar-refractivity contribution in [1.29, 1.82) is 0 Å². The molecule has 184 valence electrons. The van der Waals surface area contributed by atoms with Gasteiger partial charge in [0.05, 0.1) is 19.6 Å². The lowest BCUT2D eigenvalue weighted by molar-refractivity contribution is -0.152. The zero-order chi connectivity index (χ0) is 24.2. The van der Waals surface area contributed by atoms with Crippen LogP contribution in [0.5, 0.6) is 5.75 Å². The smallest absolute Gasteiger partial charge is 0.309 e. The van der Waals surface area contributed by atoms with Gasteiger partial charge in [-0.3, -0.25) is 9.59 Å². The van der Waals surface area contributed by atoms with Crippen molar-refractivity contribution in [1.82, 2.24) is 9.21 Å². The van der Waals surface area contributed by atoms with Gasteiger partial charge >= 0.3 is 5.97 Å². The number of hydrogen-bond acceptors (Lipinski definition) is 6. The summed E-state index contributed by atoms with van der Waals surface area (Å²) in [4.78, 5) is 27.0. The average Bonchev–Trinajstić information content (AvgIpc) is 2.83. The first kappa shape index (κ1) is 25.5. The highest BCUT2D eigenvalue weighted by molar-refractivity contribution is 7.89. The molecule has 2 aliphatic heterocycles. The fourth-order valence-electron chi connectivity index (χ4n) is 4.59. The Balaban J connectivity index is 1.61. The number of amides is 1. The highest BCUT2D eigenvalue weighted by Crippen LogP contribution is 2.33. The zero-order valence-corrected chi connectivity index (χ0v) is 20.9. The minimum Gasteiger partial charge on any atom is -0.495 e. The van der Waals surface area contributed by atoms with Gasteiger partial charge in [-0.15, -0.1) is 0 Å². The quantitative estimate of drug-likeness (QED) is 0.557. The number of nitrogens with zero attached hydrogens (tertiary/aromatic N) is 2. The standard InChI is InChI=1S/C24H36N2O6S/c1-5-32-24(28)19-8-12-25(13-9-19)23(27)18-10-14-26(15-11-18)33(29,30)22-16-20(17(2)3)6-7-21(22)31-4/h6-7,16-19H,5,8-15H2,1-4H3. The van der Waals surface area contributed by atoms with E-state index in [0.717, 1.165) is 5.56 Å². The van der Waals surface area contributed by atoms with Crippen LogP contribution in [0.2, 0.25) is 0 Å². The third-order valence-electron chi connectivity index (χ3n) is 6.70. The van der Waals surface area contributed by atoms with E-state index in [1.807, 2.05) is 24.8 Å². The molecule has 9 heteroatoms. The summed E-state index contributed by atoms with van der Waals surface area (Å²) in [6.45, 7) is 7.88. The minimum atomic E-state index is -3.73. The van der Waals surface area contributed by atoms with E-state index in [1.165, 1.54) is 11.4 Å². The lowest BCUT2D eigenvalue weighted by Crippen LogP contribution is -2.47. The van der Waals surface area contributed by atoms with Crippen LogP contribution in [-0.2, 0) is 24.3 Å². The summed E-state index contributed by atoms with van der Waals surface area (Å²) in [5.41, 5.74) is 0.936. The molecular weight excluding hydrogens is 444 g/mol. The Bertz CT molecular complexity index is 946. The predicted octanol–water partition coefficient (Wildman–Crippen LogP) is 3.02. The summed E-state index contributed by atoms with van der Waals surface area (Å²) in [6.07, 6.45) is 2.21. The molecule has 33 heavy (non-hydrogen) atoms. The summed E-state index contributed by atoms with van der Waals surface area (Å²) < 4.78 is 38.7. The third-order valence-corrected chi connectivity index (χ3v) is 8.62. The van der Waals surface area contributed by atoms with Crippen LogP contribution in [0.25, 0.3) is 0 Å². The number of sulfonamides is 1. The number of methoxy groups -OCH3 is 1. The van der Waals surface area contributed by atoms with E-state index in [2.05, 4.69) is 0 Å². The average molecular weight is 481 g/mol. The van der Waals surface area contributed by atoms with Gasteiger partial charge < -0.3 is 14.4 Å². The van der Waals surface area contributed by atoms with Gasteiger partial charge in [-0.1, -0.05) is 19.9 Å². The second-order valence-corrected chi connectivity index (χ2v) is 11.0. The zero-order valence-electron chi connectivity index (χ0n) is 20.1. The Morgan fingerprint density at radius 2 is 1.64 bits per heavy atom. The summed E-state index contributed by atoms with van der Waals surface area (Å²) in [7, 11) is -2.25. The van der Waals surface area contributed by atoms with Crippen molar-refractivity contribution in [2.24, 2.45) is 11.8 Å². The fraction of sp³-hybridized carbons (Fsp3) is 0.667. The molecule has 1 aromatic carbocycles. The molecule has 8 nitrogen and oxygen atoms in total. The minimum absolute atomic E-state index is 0.0637. The maximum Gasteiger partial charge on any atom is 0.309 e. The SMILES string of the molecule is CCOC(=O)C1CCN(C(=O)C2CCN(S(=O)(=O)c3cc(C(C)C)ccc3OC)CC2)CC1. The highest BCUT2D eigenvalue weighted by Gasteiger charge is 2.37. The largest absolute Gasteiger partial charge is 0.495 e.